The molecule has 9 nitrogen and oxygen atoms in total. The minimum absolute atomic E-state index is 0.217. The summed E-state index contributed by atoms with van der Waals surface area (Å²) >= 11 is 0. The molecule has 0 spiro atoms. The molecule has 0 bridgehead atoms. The molecule has 4 rings (SSSR count). The number of rotatable bonds is 10. The Morgan fingerprint density at radius 3 is 2.41 bits per heavy atom. The number of benzene rings is 3. The van der Waals surface area contributed by atoms with Crippen molar-refractivity contribution in [2.45, 2.75) is 45.3 Å². The standard InChI is InChI=1S/C29H32FN5O4/c1-6-29(2,3)31-28(37)26(21-10-9-13-24(38-4)27(21)39-5)35(20-16-14-19(30)15-17-20)25(36)18-34-23-12-8-7-11-22(23)32-33-34/h7-17,26H,6,18H2,1-5H3,(H,31,37)/t26-/m1/s1. The number of carbonyl (C=O) groups excluding carboxylic acids is 2. The zero-order valence-electron chi connectivity index (χ0n) is 22.6. The van der Waals surface area contributed by atoms with Gasteiger partial charge in [0.2, 0.25) is 11.8 Å². The zero-order chi connectivity index (χ0) is 28.2. The van der Waals surface area contributed by atoms with E-state index in [0.29, 0.717) is 40.2 Å². The molecule has 2 amide bonds. The van der Waals surface area contributed by atoms with Crippen molar-refractivity contribution in [1.82, 2.24) is 20.3 Å². The van der Waals surface area contributed by atoms with Crippen LogP contribution < -0.4 is 19.7 Å². The van der Waals surface area contributed by atoms with E-state index in [1.165, 1.54) is 48.1 Å². The van der Waals surface area contributed by atoms with E-state index < -0.39 is 29.2 Å². The maximum Gasteiger partial charge on any atom is 0.249 e. The Morgan fingerprint density at radius 1 is 1.03 bits per heavy atom. The molecule has 3 aromatic carbocycles. The average molecular weight is 534 g/mol. The van der Waals surface area contributed by atoms with Crippen LogP contribution in [0.3, 0.4) is 0 Å². The summed E-state index contributed by atoms with van der Waals surface area (Å²) in [5.41, 5.74) is 1.46. The van der Waals surface area contributed by atoms with E-state index in [9.17, 15) is 14.0 Å². The first kappa shape index (κ1) is 27.6. The van der Waals surface area contributed by atoms with Gasteiger partial charge in [-0.3, -0.25) is 14.5 Å². The Kier molecular flexibility index (Phi) is 8.13. The van der Waals surface area contributed by atoms with Crippen LogP contribution in [0.4, 0.5) is 10.1 Å². The van der Waals surface area contributed by atoms with Crippen molar-refractivity contribution in [3.8, 4) is 11.5 Å². The Balaban J connectivity index is 1.89. The van der Waals surface area contributed by atoms with Crippen LogP contribution in [-0.4, -0.2) is 46.6 Å². The number of nitrogens with one attached hydrogen (secondary N) is 1. The molecule has 0 aliphatic heterocycles. The van der Waals surface area contributed by atoms with Gasteiger partial charge >= 0.3 is 0 Å². The van der Waals surface area contributed by atoms with Gasteiger partial charge in [-0.15, -0.1) is 5.10 Å². The summed E-state index contributed by atoms with van der Waals surface area (Å²) in [7, 11) is 2.97. The number of nitrogens with zero attached hydrogens (tertiary/aromatic N) is 4. The van der Waals surface area contributed by atoms with Crippen LogP contribution in [0.5, 0.6) is 11.5 Å². The first-order valence-electron chi connectivity index (χ1n) is 12.6. The summed E-state index contributed by atoms with van der Waals surface area (Å²) in [6.45, 7) is 5.54. The number of carbonyl (C=O) groups is 2. The molecule has 0 saturated carbocycles. The minimum Gasteiger partial charge on any atom is -0.493 e. The van der Waals surface area contributed by atoms with Crippen molar-refractivity contribution in [3.05, 3.63) is 78.1 Å². The third-order valence-electron chi connectivity index (χ3n) is 6.66. The van der Waals surface area contributed by atoms with Gasteiger partial charge in [-0.25, -0.2) is 9.07 Å². The predicted octanol–water partition coefficient (Wildman–Crippen LogP) is 4.67. The second-order valence-corrected chi connectivity index (χ2v) is 9.69. The molecule has 0 unspecified atom stereocenters. The normalized spacial score (nSPS) is 12.2. The molecular formula is C29H32FN5O4. The van der Waals surface area contributed by atoms with Gasteiger partial charge in [-0.05, 0) is 62.7 Å². The number of anilines is 1. The lowest BCUT2D eigenvalue weighted by molar-refractivity contribution is -0.128. The highest BCUT2D eigenvalue weighted by atomic mass is 19.1. The molecule has 1 atom stereocenters. The molecule has 1 heterocycles. The lowest BCUT2D eigenvalue weighted by atomic mass is 9.97. The first-order chi connectivity index (χ1) is 18.7. The van der Waals surface area contributed by atoms with E-state index in [1.807, 2.05) is 39.0 Å². The molecule has 0 saturated heterocycles. The first-order valence-corrected chi connectivity index (χ1v) is 12.6. The topological polar surface area (TPSA) is 98.6 Å². The van der Waals surface area contributed by atoms with Crippen molar-refractivity contribution < 1.29 is 23.5 Å². The number of halogens is 1. The van der Waals surface area contributed by atoms with E-state index in [1.54, 1.807) is 24.3 Å². The Morgan fingerprint density at radius 2 is 1.74 bits per heavy atom. The number of hydrogen-bond acceptors (Lipinski definition) is 6. The molecule has 0 aliphatic carbocycles. The summed E-state index contributed by atoms with van der Waals surface area (Å²) < 4.78 is 26.6. The molecule has 0 fully saturated rings. The lowest BCUT2D eigenvalue weighted by Gasteiger charge is -2.35. The van der Waals surface area contributed by atoms with Gasteiger partial charge < -0.3 is 14.8 Å². The maximum absolute atomic E-state index is 14.1. The van der Waals surface area contributed by atoms with Gasteiger partial charge in [0.1, 0.15) is 23.9 Å². The van der Waals surface area contributed by atoms with Crippen molar-refractivity contribution >= 4 is 28.5 Å². The van der Waals surface area contributed by atoms with Gasteiger partial charge in [0.25, 0.3) is 0 Å². The van der Waals surface area contributed by atoms with Crippen LogP contribution in [0.1, 0.15) is 38.8 Å². The van der Waals surface area contributed by atoms with Gasteiger partial charge in [0.15, 0.2) is 11.5 Å². The molecular weight excluding hydrogens is 501 g/mol. The largest absolute Gasteiger partial charge is 0.493 e. The molecule has 0 radical (unpaired) electrons. The maximum atomic E-state index is 14.1. The monoisotopic (exact) mass is 533 g/mol. The number of para-hydroxylation sites is 2. The number of ether oxygens (including phenoxy) is 2. The Hall–Kier alpha value is -4.47. The SMILES string of the molecule is CCC(C)(C)NC(=O)[C@@H](c1cccc(OC)c1OC)N(C(=O)Cn1nnc2ccccc21)c1ccc(F)cc1. The fraction of sp³-hybridized carbons (Fsp3) is 0.310. The van der Waals surface area contributed by atoms with Crippen molar-refractivity contribution in [2.24, 2.45) is 0 Å². The highest BCUT2D eigenvalue weighted by molar-refractivity contribution is 6.02. The van der Waals surface area contributed by atoms with Crippen molar-refractivity contribution in [2.75, 3.05) is 19.1 Å². The highest BCUT2D eigenvalue weighted by Crippen LogP contribution is 2.39. The average Bonchev–Trinajstić information content (AvgIpc) is 3.34. The fourth-order valence-corrected chi connectivity index (χ4v) is 4.29. The smallest absolute Gasteiger partial charge is 0.249 e. The van der Waals surface area contributed by atoms with Crippen LogP contribution in [0.15, 0.2) is 66.7 Å². The van der Waals surface area contributed by atoms with Gasteiger partial charge in [0, 0.05) is 16.8 Å². The second kappa shape index (κ2) is 11.5. The van der Waals surface area contributed by atoms with Gasteiger partial charge in [-0.2, -0.15) is 0 Å². The second-order valence-electron chi connectivity index (χ2n) is 9.69. The lowest BCUT2D eigenvalue weighted by Crippen LogP contribution is -2.51. The molecule has 1 N–H and O–H groups in total. The number of amides is 2. The van der Waals surface area contributed by atoms with Crippen LogP contribution in [0.25, 0.3) is 11.0 Å². The fourth-order valence-electron chi connectivity index (χ4n) is 4.29. The zero-order valence-corrected chi connectivity index (χ0v) is 22.6. The highest BCUT2D eigenvalue weighted by Gasteiger charge is 2.37. The molecule has 1 aromatic heterocycles. The minimum atomic E-state index is -1.19. The number of fused-ring (bicyclic) bond motifs is 1. The molecule has 0 aliphatic rings. The van der Waals surface area contributed by atoms with E-state index in [-0.39, 0.29) is 6.54 Å². The van der Waals surface area contributed by atoms with Crippen molar-refractivity contribution in [3.63, 3.8) is 0 Å². The van der Waals surface area contributed by atoms with E-state index in [2.05, 4.69) is 15.6 Å². The molecule has 204 valence electrons. The summed E-state index contributed by atoms with van der Waals surface area (Å²) in [5, 5.41) is 11.4. The van der Waals surface area contributed by atoms with Crippen LogP contribution in [0, 0.1) is 5.82 Å². The van der Waals surface area contributed by atoms with E-state index >= 15 is 0 Å². The number of aromatic nitrogens is 3. The molecule has 4 aromatic rings. The Bertz CT molecular complexity index is 1470. The van der Waals surface area contributed by atoms with Crippen LogP contribution in [-0.2, 0) is 16.1 Å². The summed E-state index contributed by atoms with van der Waals surface area (Å²) in [6.07, 6.45) is 0.649. The van der Waals surface area contributed by atoms with Crippen LogP contribution >= 0.6 is 0 Å². The van der Waals surface area contributed by atoms with Gasteiger partial charge in [0.05, 0.1) is 19.7 Å². The van der Waals surface area contributed by atoms with E-state index in [0.717, 1.165) is 0 Å². The summed E-state index contributed by atoms with van der Waals surface area (Å²) in [6, 6.07) is 16.6. The van der Waals surface area contributed by atoms with Crippen LogP contribution in [0.2, 0.25) is 0 Å². The molecule has 39 heavy (non-hydrogen) atoms. The van der Waals surface area contributed by atoms with E-state index in [4.69, 9.17) is 9.47 Å². The third kappa shape index (κ3) is 5.84. The Labute approximate surface area is 226 Å². The predicted molar refractivity (Wildman–Crippen MR) is 146 cm³/mol. The third-order valence-corrected chi connectivity index (χ3v) is 6.66. The quantitative estimate of drug-likeness (QED) is 0.318. The number of methoxy groups -OCH3 is 2. The van der Waals surface area contributed by atoms with Crippen molar-refractivity contribution in [1.29, 1.82) is 0 Å². The van der Waals surface area contributed by atoms with Gasteiger partial charge in [-0.1, -0.05) is 36.4 Å². The number of hydrogen-bond donors (Lipinski definition) is 1. The summed E-state index contributed by atoms with van der Waals surface area (Å²) in [4.78, 5) is 29.6. The summed E-state index contributed by atoms with van der Waals surface area (Å²) in [5.74, 6) is -0.663. The molecule has 10 heteroatoms.